The van der Waals surface area contributed by atoms with Crippen LogP contribution in [0.4, 0.5) is 0 Å². The number of allylic oxidation sites excluding steroid dienone is 2. The zero-order chi connectivity index (χ0) is 18.0. The molecule has 1 heterocycles. The molecule has 2 aliphatic rings. The van der Waals surface area contributed by atoms with Gasteiger partial charge in [0.2, 0.25) is 0 Å². The van der Waals surface area contributed by atoms with Crippen LogP contribution in [0.2, 0.25) is 0 Å². The van der Waals surface area contributed by atoms with Crippen LogP contribution in [0.15, 0.2) is 42.7 Å². The van der Waals surface area contributed by atoms with Gasteiger partial charge in [-0.15, -0.1) is 6.58 Å². The van der Waals surface area contributed by atoms with Crippen LogP contribution in [0.25, 0.3) is 0 Å². The number of hydrogen-bond acceptors (Lipinski definition) is 4. The molecule has 0 amide bonds. The Morgan fingerprint density at radius 1 is 1.48 bits per heavy atom. The molecule has 1 fully saturated rings. The molecule has 0 bridgehead atoms. The van der Waals surface area contributed by atoms with Gasteiger partial charge in [-0.05, 0) is 49.3 Å². The molecule has 3 atom stereocenters. The Hall–Kier alpha value is -2.07. The number of rotatable bonds is 6. The number of carbonyl (C=O) groups excluding carboxylic acids is 1. The highest BCUT2D eigenvalue weighted by atomic mass is 16.7. The molecule has 4 heteroatoms. The third-order valence-electron chi connectivity index (χ3n) is 5.42. The summed E-state index contributed by atoms with van der Waals surface area (Å²) in [6, 6.07) is 6.25. The number of aryl methyl sites for hydroxylation is 1. The highest BCUT2D eigenvalue weighted by molar-refractivity contribution is 5.93. The molecular weight excluding hydrogens is 316 g/mol. The molecule has 1 aromatic rings. The minimum Gasteiger partial charge on any atom is -0.496 e. The van der Waals surface area contributed by atoms with E-state index in [4.69, 9.17) is 14.2 Å². The van der Waals surface area contributed by atoms with Crippen molar-refractivity contribution in [3.63, 3.8) is 0 Å². The lowest BCUT2D eigenvalue weighted by molar-refractivity contribution is -0.123. The minimum atomic E-state index is -0.518. The first kappa shape index (κ1) is 17.7. The second kappa shape index (κ2) is 7.04. The van der Waals surface area contributed by atoms with Crippen LogP contribution in [0.3, 0.4) is 0 Å². The van der Waals surface area contributed by atoms with Gasteiger partial charge in [0.15, 0.2) is 12.6 Å². The van der Waals surface area contributed by atoms with Crippen molar-refractivity contribution in [2.75, 3.05) is 13.9 Å². The molecule has 1 aliphatic heterocycles. The third-order valence-corrected chi connectivity index (χ3v) is 5.42. The summed E-state index contributed by atoms with van der Waals surface area (Å²) < 4.78 is 17.1. The van der Waals surface area contributed by atoms with E-state index in [0.29, 0.717) is 18.6 Å². The molecule has 1 aromatic carbocycles. The molecule has 3 rings (SSSR count). The lowest BCUT2D eigenvalue weighted by Crippen LogP contribution is -2.44. The SMILES string of the molecule is C=CC[C@H]1C[C@]2(C(C)Cc3ccc(OC)c(C)c3)OCOC2=CC1=O. The van der Waals surface area contributed by atoms with Gasteiger partial charge in [0, 0.05) is 12.0 Å². The molecule has 134 valence electrons. The number of benzene rings is 1. The van der Waals surface area contributed by atoms with Crippen molar-refractivity contribution in [3.05, 3.63) is 53.8 Å². The van der Waals surface area contributed by atoms with Crippen molar-refractivity contribution in [1.82, 2.24) is 0 Å². The van der Waals surface area contributed by atoms with Crippen molar-refractivity contribution in [3.8, 4) is 5.75 Å². The average molecular weight is 342 g/mol. The Labute approximate surface area is 149 Å². The highest BCUT2D eigenvalue weighted by Crippen LogP contribution is 2.46. The molecule has 0 radical (unpaired) electrons. The summed E-state index contributed by atoms with van der Waals surface area (Å²) in [5.41, 5.74) is 1.83. The zero-order valence-electron chi connectivity index (χ0n) is 15.2. The van der Waals surface area contributed by atoms with Gasteiger partial charge in [0.1, 0.15) is 17.1 Å². The first-order valence-corrected chi connectivity index (χ1v) is 8.77. The standard InChI is InChI=1S/C21H26O4/c1-5-6-17-12-21(20(11-18(17)22)24-13-25-21)15(3)10-16-7-8-19(23-4)14(2)9-16/h5,7-9,11,15,17H,1,6,10,12-13H2,2-4H3/t15?,17-,21+/m0/s1. The summed E-state index contributed by atoms with van der Waals surface area (Å²) in [7, 11) is 1.68. The van der Waals surface area contributed by atoms with Crippen LogP contribution < -0.4 is 4.74 Å². The summed E-state index contributed by atoms with van der Waals surface area (Å²) in [4.78, 5) is 12.3. The maximum Gasteiger partial charge on any atom is 0.189 e. The van der Waals surface area contributed by atoms with E-state index in [0.717, 1.165) is 17.7 Å². The van der Waals surface area contributed by atoms with Crippen LogP contribution in [0.5, 0.6) is 5.75 Å². The third kappa shape index (κ3) is 3.23. The maximum atomic E-state index is 12.3. The number of ketones is 1. The van der Waals surface area contributed by atoms with Gasteiger partial charge in [0.25, 0.3) is 0 Å². The lowest BCUT2D eigenvalue weighted by Gasteiger charge is -2.38. The fraction of sp³-hybridized carbons (Fsp3) is 0.476. The van der Waals surface area contributed by atoms with Crippen molar-refractivity contribution >= 4 is 5.78 Å². The molecule has 1 aliphatic carbocycles. The van der Waals surface area contributed by atoms with Crippen LogP contribution in [0, 0.1) is 18.8 Å². The minimum absolute atomic E-state index is 0.0806. The monoisotopic (exact) mass is 342 g/mol. The number of fused-ring (bicyclic) bond motifs is 1. The lowest BCUT2D eigenvalue weighted by atomic mass is 9.71. The van der Waals surface area contributed by atoms with E-state index in [1.54, 1.807) is 13.2 Å². The van der Waals surface area contributed by atoms with E-state index >= 15 is 0 Å². The number of carbonyl (C=O) groups is 1. The molecule has 0 spiro atoms. The van der Waals surface area contributed by atoms with Gasteiger partial charge >= 0.3 is 0 Å². The molecule has 1 saturated heterocycles. The van der Waals surface area contributed by atoms with Gasteiger partial charge in [-0.2, -0.15) is 0 Å². The smallest absolute Gasteiger partial charge is 0.189 e. The van der Waals surface area contributed by atoms with E-state index in [-0.39, 0.29) is 24.4 Å². The molecule has 0 aromatic heterocycles. The van der Waals surface area contributed by atoms with Crippen LogP contribution >= 0.6 is 0 Å². The normalized spacial score (nSPS) is 26.4. The Balaban J connectivity index is 1.85. The fourth-order valence-electron chi connectivity index (χ4n) is 4.00. The quantitative estimate of drug-likeness (QED) is 0.734. The molecule has 4 nitrogen and oxygen atoms in total. The van der Waals surface area contributed by atoms with Crippen molar-refractivity contribution in [1.29, 1.82) is 0 Å². The Kier molecular flexibility index (Phi) is 5.00. The first-order chi connectivity index (χ1) is 12.0. The van der Waals surface area contributed by atoms with Crippen LogP contribution in [0.1, 0.15) is 30.9 Å². The van der Waals surface area contributed by atoms with Gasteiger partial charge < -0.3 is 14.2 Å². The number of ether oxygens (including phenoxy) is 3. The maximum absolute atomic E-state index is 12.3. The summed E-state index contributed by atoms with van der Waals surface area (Å²) in [5, 5.41) is 0. The summed E-state index contributed by atoms with van der Waals surface area (Å²) >= 11 is 0. The summed E-state index contributed by atoms with van der Waals surface area (Å²) in [6.07, 6.45) is 5.62. The van der Waals surface area contributed by atoms with E-state index in [1.165, 1.54) is 5.56 Å². The first-order valence-electron chi connectivity index (χ1n) is 8.77. The predicted octanol–water partition coefficient (Wildman–Crippen LogP) is 3.97. The number of methoxy groups -OCH3 is 1. The largest absolute Gasteiger partial charge is 0.496 e. The average Bonchev–Trinajstić information content (AvgIpc) is 2.99. The van der Waals surface area contributed by atoms with Crippen molar-refractivity contribution < 1.29 is 19.0 Å². The van der Waals surface area contributed by atoms with E-state index in [2.05, 4.69) is 25.6 Å². The molecular formula is C21H26O4. The van der Waals surface area contributed by atoms with Crippen LogP contribution in [-0.2, 0) is 20.7 Å². The van der Waals surface area contributed by atoms with Crippen molar-refractivity contribution in [2.24, 2.45) is 11.8 Å². The van der Waals surface area contributed by atoms with E-state index < -0.39 is 5.60 Å². The van der Waals surface area contributed by atoms with Gasteiger partial charge in [-0.25, -0.2) is 0 Å². The molecule has 0 saturated carbocycles. The topological polar surface area (TPSA) is 44.8 Å². The van der Waals surface area contributed by atoms with Gasteiger partial charge in [-0.1, -0.05) is 25.1 Å². The predicted molar refractivity (Wildman–Crippen MR) is 96.4 cm³/mol. The molecule has 1 unspecified atom stereocenters. The Morgan fingerprint density at radius 3 is 2.96 bits per heavy atom. The fourth-order valence-corrected chi connectivity index (χ4v) is 4.00. The van der Waals surface area contributed by atoms with Crippen molar-refractivity contribution in [2.45, 2.75) is 38.7 Å². The number of hydrogen-bond donors (Lipinski definition) is 0. The second-order valence-electron chi connectivity index (χ2n) is 7.04. The van der Waals surface area contributed by atoms with E-state index in [9.17, 15) is 4.79 Å². The van der Waals surface area contributed by atoms with Crippen LogP contribution in [-0.4, -0.2) is 25.3 Å². The molecule has 25 heavy (non-hydrogen) atoms. The highest BCUT2D eigenvalue weighted by Gasteiger charge is 2.51. The van der Waals surface area contributed by atoms with Gasteiger partial charge in [0.05, 0.1) is 7.11 Å². The molecule has 0 N–H and O–H groups in total. The summed E-state index contributed by atoms with van der Waals surface area (Å²) in [6.45, 7) is 8.21. The summed E-state index contributed by atoms with van der Waals surface area (Å²) in [5.74, 6) is 1.81. The Bertz CT molecular complexity index is 706. The second-order valence-corrected chi connectivity index (χ2v) is 7.04. The van der Waals surface area contributed by atoms with Gasteiger partial charge in [-0.3, -0.25) is 4.79 Å². The van der Waals surface area contributed by atoms with E-state index in [1.807, 2.05) is 19.1 Å². The zero-order valence-corrected chi connectivity index (χ0v) is 15.2. The Morgan fingerprint density at radius 2 is 2.28 bits per heavy atom.